The SMILES string of the molecule is COc1c(C(=O)OCC2CCN(CCNS(C)(=O)=O)CC2)c2ccccc2n1C. The number of hydrogen-bond donors (Lipinski definition) is 1. The third-order valence-corrected chi connectivity index (χ3v) is 6.13. The smallest absolute Gasteiger partial charge is 0.344 e. The molecular weight excluding hydrogens is 394 g/mol. The monoisotopic (exact) mass is 423 g/mol. The van der Waals surface area contributed by atoms with Crippen LogP contribution in [0.1, 0.15) is 23.2 Å². The number of carbonyl (C=O) groups is 1. The van der Waals surface area contributed by atoms with E-state index in [1.165, 1.54) is 6.26 Å². The molecule has 29 heavy (non-hydrogen) atoms. The zero-order valence-corrected chi connectivity index (χ0v) is 18.0. The molecule has 0 spiro atoms. The van der Waals surface area contributed by atoms with Crippen LogP contribution in [0, 0.1) is 5.92 Å². The van der Waals surface area contributed by atoms with Crippen LogP contribution >= 0.6 is 0 Å². The van der Waals surface area contributed by atoms with Crippen molar-refractivity contribution in [1.29, 1.82) is 0 Å². The van der Waals surface area contributed by atoms with Crippen molar-refractivity contribution < 1.29 is 22.7 Å². The topological polar surface area (TPSA) is 89.9 Å². The Labute approximate surface area is 171 Å². The van der Waals surface area contributed by atoms with Gasteiger partial charge in [-0.2, -0.15) is 0 Å². The van der Waals surface area contributed by atoms with E-state index in [1.807, 2.05) is 35.9 Å². The molecule has 2 heterocycles. The van der Waals surface area contributed by atoms with Crippen LogP contribution < -0.4 is 9.46 Å². The van der Waals surface area contributed by atoms with Gasteiger partial charge in [0.15, 0.2) is 0 Å². The molecule has 9 heteroatoms. The summed E-state index contributed by atoms with van der Waals surface area (Å²) in [4.78, 5) is 15.0. The number of aryl methyl sites for hydroxylation is 1. The highest BCUT2D eigenvalue weighted by Crippen LogP contribution is 2.31. The molecule has 1 aromatic carbocycles. The van der Waals surface area contributed by atoms with Crippen molar-refractivity contribution in [3.63, 3.8) is 0 Å². The highest BCUT2D eigenvalue weighted by atomic mass is 32.2. The number of ether oxygens (including phenoxy) is 2. The van der Waals surface area contributed by atoms with Crippen LogP contribution in [0.5, 0.6) is 5.88 Å². The van der Waals surface area contributed by atoms with Gasteiger partial charge < -0.3 is 18.9 Å². The van der Waals surface area contributed by atoms with Crippen LogP contribution in [-0.4, -0.2) is 70.0 Å². The van der Waals surface area contributed by atoms with Gasteiger partial charge in [0.2, 0.25) is 15.9 Å². The highest BCUT2D eigenvalue weighted by Gasteiger charge is 2.25. The van der Waals surface area contributed by atoms with Crippen LogP contribution in [0.15, 0.2) is 24.3 Å². The summed E-state index contributed by atoms with van der Waals surface area (Å²) in [6.45, 7) is 3.21. The Balaban J connectivity index is 1.53. The van der Waals surface area contributed by atoms with Gasteiger partial charge in [-0.15, -0.1) is 0 Å². The number of nitrogens with one attached hydrogen (secondary N) is 1. The molecule has 0 atom stereocenters. The average molecular weight is 424 g/mol. The van der Waals surface area contributed by atoms with E-state index in [9.17, 15) is 13.2 Å². The second-order valence-electron chi connectivity index (χ2n) is 7.51. The van der Waals surface area contributed by atoms with Crippen molar-refractivity contribution >= 4 is 26.9 Å². The zero-order chi connectivity index (χ0) is 21.0. The number of sulfonamides is 1. The minimum absolute atomic E-state index is 0.305. The summed E-state index contributed by atoms with van der Waals surface area (Å²) in [5, 5.41) is 0.824. The number of likely N-dealkylation sites (tertiary alicyclic amines) is 1. The average Bonchev–Trinajstić information content (AvgIpc) is 2.98. The molecule has 1 aliphatic heterocycles. The number of methoxy groups -OCH3 is 1. The Hall–Kier alpha value is -2.10. The normalized spacial score (nSPS) is 16.2. The van der Waals surface area contributed by atoms with Gasteiger partial charge in [-0.25, -0.2) is 17.9 Å². The number of esters is 1. The van der Waals surface area contributed by atoms with Gasteiger partial charge in [-0.1, -0.05) is 18.2 Å². The number of benzene rings is 1. The van der Waals surface area contributed by atoms with Gasteiger partial charge in [0, 0.05) is 25.5 Å². The Bertz CT molecular complexity index is 962. The first kappa shape index (κ1) is 21.6. The lowest BCUT2D eigenvalue weighted by molar-refractivity contribution is 0.0372. The summed E-state index contributed by atoms with van der Waals surface area (Å²) in [7, 11) is 0.276. The molecule has 3 rings (SSSR count). The fourth-order valence-electron chi connectivity index (χ4n) is 3.84. The van der Waals surface area contributed by atoms with E-state index in [-0.39, 0.29) is 5.97 Å². The second-order valence-corrected chi connectivity index (χ2v) is 9.34. The van der Waals surface area contributed by atoms with Gasteiger partial charge >= 0.3 is 5.97 Å². The van der Waals surface area contributed by atoms with Crippen molar-refractivity contribution in [2.24, 2.45) is 13.0 Å². The van der Waals surface area contributed by atoms with E-state index in [0.717, 1.165) is 36.8 Å². The van der Waals surface area contributed by atoms with Crippen molar-refractivity contribution in [2.75, 3.05) is 46.2 Å². The molecule has 1 saturated heterocycles. The molecule has 8 nitrogen and oxygen atoms in total. The number of fused-ring (bicyclic) bond motifs is 1. The van der Waals surface area contributed by atoms with Crippen LogP contribution in [0.2, 0.25) is 0 Å². The summed E-state index contributed by atoms with van der Waals surface area (Å²) in [6, 6.07) is 7.67. The van der Waals surface area contributed by atoms with Crippen LogP contribution in [-0.2, 0) is 21.8 Å². The van der Waals surface area contributed by atoms with Crippen molar-refractivity contribution in [3.8, 4) is 5.88 Å². The van der Waals surface area contributed by atoms with E-state index in [4.69, 9.17) is 9.47 Å². The lowest BCUT2D eigenvalue weighted by atomic mass is 9.98. The molecule has 0 aliphatic carbocycles. The summed E-state index contributed by atoms with van der Waals surface area (Å²) in [6.07, 6.45) is 3.00. The molecule has 1 aromatic heterocycles. The predicted molar refractivity (Wildman–Crippen MR) is 112 cm³/mol. The van der Waals surface area contributed by atoms with E-state index in [2.05, 4.69) is 9.62 Å². The molecular formula is C20H29N3O5S. The number of nitrogens with zero attached hydrogens (tertiary/aromatic N) is 2. The number of rotatable bonds is 8. The Morgan fingerprint density at radius 2 is 1.93 bits per heavy atom. The highest BCUT2D eigenvalue weighted by molar-refractivity contribution is 7.88. The third kappa shape index (κ3) is 5.29. The maximum absolute atomic E-state index is 12.8. The molecule has 0 radical (unpaired) electrons. The molecule has 0 bridgehead atoms. The largest absolute Gasteiger partial charge is 0.482 e. The molecule has 0 saturated carbocycles. The number of para-hydroxylation sites is 1. The summed E-state index contributed by atoms with van der Waals surface area (Å²) < 4.78 is 37.7. The fraction of sp³-hybridized carbons (Fsp3) is 0.550. The van der Waals surface area contributed by atoms with Gasteiger partial charge in [0.05, 0.1) is 25.5 Å². The number of aromatic nitrogens is 1. The molecule has 1 aliphatic rings. The predicted octanol–water partition coefficient (Wildman–Crippen LogP) is 1.60. The van der Waals surface area contributed by atoms with Crippen LogP contribution in [0.3, 0.4) is 0 Å². The quantitative estimate of drug-likeness (QED) is 0.649. The van der Waals surface area contributed by atoms with Crippen molar-refractivity contribution in [3.05, 3.63) is 29.8 Å². The van der Waals surface area contributed by atoms with Gasteiger partial charge in [0.25, 0.3) is 0 Å². The van der Waals surface area contributed by atoms with Gasteiger partial charge in [-0.05, 0) is 37.9 Å². The molecule has 0 unspecified atom stereocenters. The first-order valence-corrected chi connectivity index (χ1v) is 11.6. The Morgan fingerprint density at radius 3 is 2.59 bits per heavy atom. The molecule has 0 amide bonds. The van der Waals surface area contributed by atoms with Gasteiger partial charge in [-0.3, -0.25) is 0 Å². The summed E-state index contributed by atoms with van der Waals surface area (Å²) >= 11 is 0. The second kappa shape index (κ2) is 9.15. The minimum atomic E-state index is -3.15. The molecule has 2 aromatic rings. The van der Waals surface area contributed by atoms with E-state index in [1.54, 1.807) is 7.11 Å². The first-order valence-electron chi connectivity index (χ1n) is 9.75. The maximum Gasteiger partial charge on any atom is 0.344 e. The van der Waals surface area contributed by atoms with Gasteiger partial charge in [0.1, 0.15) is 5.56 Å². The summed E-state index contributed by atoms with van der Waals surface area (Å²) in [5.74, 6) is 0.446. The molecule has 1 fully saturated rings. The van der Waals surface area contributed by atoms with Crippen LogP contribution in [0.4, 0.5) is 0 Å². The van der Waals surface area contributed by atoms with Crippen molar-refractivity contribution in [1.82, 2.24) is 14.2 Å². The first-order chi connectivity index (χ1) is 13.8. The van der Waals surface area contributed by atoms with Crippen molar-refractivity contribution in [2.45, 2.75) is 12.8 Å². The van der Waals surface area contributed by atoms with E-state index in [0.29, 0.717) is 37.1 Å². The van der Waals surface area contributed by atoms with E-state index < -0.39 is 10.0 Å². The fourth-order valence-corrected chi connectivity index (χ4v) is 4.30. The number of hydrogen-bond acceptors (Lipinski definition) is 6. The zero-order valence-electron chi connectivity index (χ0n) is 17.2. The Kier molecular flexibility index (Phi) is 6.81. The number of piperidine rings is 1. The third-order valence-electron chi connectivity index (χ3n) is 5.40. The Morgan fingerprint density at radius 1 is 1.24 bits per heavy atom. The van der Waals surface area contributed by atoms with E-state index >= 15 is 0 Å². The molecule has 1 N–H and O–H groups in total. The maximum atomic E-state index is 12.8. The molecule has 160 valence electrons. The number of carbonyl (C=O) groups excluding carboxylic acids is 1. The standard InChI is InChI=1S/C20H29N3O5S/c1-22-17-7-5-4-6-16(17)18(19(22)27-2)20(24)28-14-15-8-11-23(12-9-15)13-10-21-29(3,25)26/h4-7,15,21H,8-14H2,1-3H3. The minimum Gasteiger partial charge on any atom is -0.482 e. The van der Waals surface area contributed by atoms with Crippen LogP contribution in [0.25, 0.3) is 10.9 Å². The lowest BCUT2D eigenvalue weighted by Crippen LogP contribution is -2.40. The summed E-state index contributed by atoms with van der Waals surface area (Å²) in [5.41, 5.74) is 1.39. The lowest BCUT2D eigenvalue weighted by Gasteiger charge is -2.31.